The Bertz CT molecular complexity index is 1360. The second-order valence-corrected chi connectivity index (χ2v) is 12.0. The van der Waals surface area contributed by atoms with Crippen LogP contribution in [-0.2, 0) is 15.2 Å². The van der Waals surface area contributed by atoms with Crippen molar-refractivity contribution in [2.45, 2.75) is 70.6 Å². The van der Waals surface area contributed by atoms with Gasteiger partial charge in [0.15, 0.2) is 0 Å². The van der Waals surface area contributed by atoms with Crippen LogP contribution in [0.2, 0.25) is 10.0 Å². The highest BCUT2D eigenvalue weighted by molar-refractivity contribution is 6.30. The Morgan fingerprint density at radius 2 is 1.74 bits per heavy atom. The number of likely N-dealkylation sites (tertiary alicyclic amines) is 1. The van der Waals surface area contributed by atoms with Crippen LogP contribution in [0.15, 0.2) is 66.7 Å². The molecule has 2 N–H and O–H groups in total. The summed E-state index contributed by atoms with van der Waals surface area (Å²) in [4.78, 5) is 33.1. The topological polar surface area (TPSA) is 90.7 Å². The number of aromatic nitrogens is 1. The Kier molecular flexibility index (Phi) is 8.41. The Morgan fingerprint density at radius 1 is 1.08 bits per heavy atom. The maximum absolute atomic E-state index is 14.5. The van der Waals surface area contributed by atoms with Crippen molar-refractivity contribution in [3.63, 3.8) is 0 Å². The predicted molar refractivity (Wildman–Crippen MR) is 153 cm³/mol. The monoisotopic (exact) mass is 568 g/mol. The number of pyridine rings is 1. The Hall–Kier alpha value is -2.93. The third-order valence-electron chi connectivity index (χ3n) is 7.59. The molecule has 2 heterocycles. The molecule has 4 atom stereocenters. The van der Waals surface area contributed by atoms with E-state index < -0.39 is 29.1 Å². The lowest BCUT2D eigenvalue weighted by molar-refractivity contribution is -0.161. The summed E-state index contributed by atoms with van der Waals surface area (Å²) in [7, 11) is 0. The Balaban J connectivity index is 1.97. The lowest BCUT2D eigenvalue weighted by Crippen LogP contribution is -2.53. The van der Waals surface area contributed by atoms with Crippen molar-refractivity contribution < 1.29 is 19.8 Å². The number of halogens is 2. The molecule has 0 radical (unpaired) electrons. The fourth-order valence-corrected chi connectivity index (χ4v) is 6.07. The van der Waals surface area contributed by atoms with E-state index in [2.05, 4.69) is 0 Å². The molecule has 2 aromatic carbocycles. The van der Waals surface area contributed by atoms with Gasteiger partial charge in [-0.15, -0.1) is 0 Å². The molecule has 1 aromatic heterocycles. The number of piperidine rings is 1. The molecule has 8 heteroatoms. The smallest absolute Gasteiger partial charge is 0.304 e. The average molecular weight is 570 g/mol. The number of carbonyl (C=O) groups excluding carboxylic acids is 1. The summed E-state index contributed by atoms with van der Waals surface area (Å²) in [5.74, 6) is -1.53. The number of aliphatic carboxylic acids is 1. The van der Waals surface area contributed by atoms with Crippen molar-refractivity contribution in [3.8, 4) is 0 Å². The minimum Gasteiger partial charge on any atom is -0.481 e. The van der Waals surface area contributed by atoms with Gasteiger partial charge in [-0.05, 0) is 74.2 Å². The molecule has 0 saturated carbocycles. The molecule has 1 amide bonds. The van der Waals surface area contributed by atoms with Crippen molar-refractivity contribution in [3.05, 3.63) is 99.3 Å². The fourth-order valence-electron chi connectivity index (χ4n) is 5.75. The van der Waals surface area contributed by atoms with Gasteiger partial charge in [-0.3, -0.25) is 14.6 Å². The third-order valence-corrected chi connectivity index (χ3v) is 8.08. The SMILES string of the molecule is CCC(c1cccc(C(C)(C)O)n1)N1C(=O)C(C)(CC(=O)O)CC(c2cccc(Cl)c2)C1c1ccc(Cl)cc1. The van der Waals surface area contributed by atoms with E-state index in [4.69, 9.17) is 28.2 Å². The van der Waals surface area contributed by atoms with Crippen molar-refractivity contribution in [2.75, 3.05) is 0 Å². The van der Waals surface area contributed by atoms with Crippen LogP contribution in [0.4, 0.5) is 0 Å². The van der Waals surface area contributed by atoms with E-state index >= 15 is 0 Å². The molecule has 0 bridgehead atoms. The van der Waals surface area contributed by atoms with Crippen molar-refractivity contribution in [1.29, 1.82) is 0 Å². The molecule has 4 unspecified atom stereocenters. The summed E-state index contributed by atoms with van der Waals surface area (Å²) in [6.07, 6.45) is 0.555. The van der Waals surface area contributed by atoms with Crippen LogP contribution >= 0.6 is 23.2 Å². The van der Waals surface area contributed by atoms with Gasteiger partial charge in [-0.25, -0.2) is 0 Å². The normalized spacial score (nSPS) is 22.5. The van der Waals surface area contributed by atoms with Gasteiger partial charge in [-0.2, -0.15) is 0 Å². The maximum atomic E-state index is 14.5. The first-order chi connectivity index (χ1) is 18.3. The highest BCUT2D eigenvalue weighted by Gasteiger charge is 2.52. The molecule has 4 rings (SSSR count). The number of hydrogen-bond donors (Lipinski definition) is 2. The van der Waals surface area contributed by atoms with Gasteiger partial charge in [0, 0.05) is 16.0 Å². The van der Waals surface area contributed by atoms with Crippen LogP contribution in [0, 0.1) is 5.41 Å². The van der Waals surface area contributed by atoms with Crippen LogP contribution < -0.4 is 0 Å². The van der Waals surface area contributed by atoms with E-state index in [-0.39, 0.29) is 18.2 Å². The summed E-state index contributed by atoms with van der Waals surface area (Å²) in [6, 6.07) is 19.5. The number of benzene rings is 2. The van der Waals surface area contributed by atoms with Crippen molar-refractivity contribution in [1.82, 2.24) is 9.88 Å². The molecule has 6 nitrogen and oxygen atoms in total. The van der Waals surface area contributed by atoms with Gasteiger partial charge in [0.1, 0.15) is 5.60 Å². The zero-order chi connectivity index (χ0) is 28.5. The van der Waals surface area contributed by atoms with Gasteiger partial charge in [0.05, 0.1) is 35.3 Å². The number of hydrogen-bond acceptors (Lipinski definition) is 4. The van der Waals surface area contributed by atoms with Crippen LogP contribution in [0.1, 0.15) is 87.5 Å². The molecule has 0 aliphatic carbocycles. The molecule has 1 aliphatic rings. The standard InChI is InChI=1S/C31H34Cl2N2O4/c1-5-25(24-10-7-11-26(34-24)30(2,3)39)35-28(19-12-14-21(32)15-13-19)23(20-8-6-9-22(33)16-20)17-31(4,29(35)38)18-27(36)37/h6-16,23,25,28,39H,5,17-18H2,1-4H3,(H,36,37). The van der Waals surface area contributed by atoms with E-state index in [1.807, 2.05) is 54.3 Å². The van der Waals surface area contributed by atoms with Gasteiger partial charge >= 0.3 is 5.97 Å². The average Bonchev–Trinajstić information content (AvgIpc) is 2.87. The summed E-state index contributed by atoms with van der Waals surface area (Å²) in [5.41, 5.74) is 0.594. The first-order valence-corrected chi connectivity index (χ1v) is 13.8. The maximum Gasteiger partial charge on any atom is 0.304 e. The van der Waals surface area contributed by atoms with Crippen LogP contribution in [0.3, 0.4) is 0 Å². The molecular formula is C31H34Cl2N2O4. The van der Waals surface area contributed by atoms with E-state index in [1.54, 1.807) is 45.0 Å². The fraction of sp³-hybridized carbons (Fsp3) is 0.387. The van der Waals surface area contributed by atoms with Gasteiger partial charge in [0.2, 0.25) is 5.91 Å². The van der Waals surface area contributed by atoms with Crippen molar-refractivity contribution >= 4 is 35.1 Å². The first-order valence-electron chi connectivity index (χ1n) is 13.1. The lowest BCUT2D eigenvalue weighted by Gasteiger charge is -2.51. The lowest BCUT2D eigenvalue weighted by atomic mass is 9.67. The van der Waals surface area contributed by atoms with Crippen LogP contribution in [-0.4, -0.2) is 32.0 Å². The van der Waals surface area contributed by atoms with Gasteiger partial charge in [0.25, 0.3) is 0 Å². The molecule has 0 spiro atoms. The Morgan fingerprint density at radius 3 is 2.33 bits per heavy atom. The number of nitrogens with zero attached hydrogens (tertiary/aromatic N) is 2. The minimum absolute atomic E-state index is 0.245. The number of aliphatic hydroxyl groups is 1. The second kappa shape index (κ2) is 11.3. The number of amides is 1. The quantitative estimate of drug-likeness (QED) is 0.297. The first kappa shape index (κ1) is 29.1. The molecule has 39 heavy (non-hydrogen) atoms. The minimum atomic E-state index is -1.17. The number of carboxylic acid groups (broad SMARTS) is 1. The zero-order valence-electron chi connectivity index (χ0n) is 22.6. The summed E-state index contributed by atoms with van der Waals surface area (Å²) in [5, 5.41) is 21.6. The van der Waals surface area contributed by atoms with E-state index in [0.717, 1.165) is 11.1 Å². The highest BCUT2D eigenvalue weighted by Crippen LogP contribution is 2.54. The van der Waals surface area contributed by atoms with Crippen LogP contribution in [0.25, 0.3) is 0 Å². The van der Waals surface area contributed by atoms with E-state index in [1.165, 1.54) is 0 Å². The number of carboxylic acids is 1. The molecule has 1 fully saturated rings. The largest absolute Gasteiger partial charge is 0.481 e. The predicted octanol–water partition coefficient (Wildman–Crippen LogP) is 7.31. The third kappa shape index (κ3) is 6.13. The molecule has 206 valence electrons. The molecule has 3 aromatic rings. The summed E-state index contributed by atoms with van der Waals surface area (Å²) >= 11 is 12.7. The Labute approximate surface area is 239 Å². The van der Waals surface area contributed by atoms with Crippen LogP contribution in [0.5, 0.6) is 0 Å². The van der Waals surface area contributed by atoms with Gasteiger partial charge < -0.3 is 15.1 Å². The zero-order valence-corrected chi connectivity index (χ0v) is 24.1. The molecule has 1 aliphatic heterocycles. The second-order valence-electron chi connectivity index (χ2n) is 11.1. The van der Waals surface area contributed by atoms with E-state index in [0.29, 0.717) is 34.3 Å². The summed E-state index contributed by atoms with van der Waals surface area (Å²) < 4.78 is 0. The van der Waals surface area contributed by atoms with Gasteiger partial charge in [-0.1, -0.05) is 67.4 Å². The highest BCUT2D eigenvalue weighted by atomic mass is 35.5. The molecule has 1 saturated heterocycles. The number of carbonyl (C=O) groups is 2. The summed E-state index contributed by atoms with van der Waals surface area (Å²) in [6.45, 7) is 7.05. The number of rotatable bonds is 8. The van der Waals surface area contributed by atoms with E-state index in [9.17, 15) is 19.8 Å². The molecular weight excluding hydrogens is 535 g/mol. The van der Waals surface area contributed by atoms with Crippen molar-refractivity contribution in [2.24, 2.45) is 5.41 Å².